The Morgan fingerprint density at radius 1 is 1.00 bits per heavy atom. The van der Waals surface area contributed by atoms with Crippen LogP contribution in [0.5, 0.6) is 0 Å². The van der Waals surface area contributed by atoms with E-state index in [1.165, 1.54) is 11.1 Å². The average molecular weight is 277 g/mol. The Morgan fingerprint density at radius 2 is 1.90 bits per heavy atom. The summed E-state index contributed by atoms with van der Waals surface area (Å²) in [5.41, 5.74) is 4.67. The highest BCUT2D eigenvalue weighted by Gasteiger charge is 2.18. The van der Waals surface area contributed by atoms with Crippen LogP contribution < -0.4 is 5.32 Å². The van der Waals surface area contributed by atoms with Crippen molar-refractivity contribution in [1.82, 2.24) is 15.5 Å². The average Bonchev–Trinajstić information content (AvgIpc) is 3.05. The van der Waals surface area contributed by atoms with E-state index >= 15 is 0 Å². The Bertz CT molecular complexity index is 765. The van der Waals surface area contributed by atoms with E-state index < -0.39 is 0 Å². The fourth-order valence-electron chi connectivity index (χ4n) is 2.77. The molecule has 0 saturated carbocycles. The second-order valence-electron chi connectivity index (χ2n) is 5.16. The molecule has 0 radical (unpaired) electrons. The van der Waals surface area contributed by atoms with Crippen LogP contribution in [-0.2, 0) is 13.0 Å². The lowest BCUT2D eigenvalue weighted by atomic mass is 9.95. The van der Waals surface area contributed by atoms with Crippen LogP contribution >= 0.6 is 0 Å². The molecule has 0 amide bonds. The molecule has 0 unspecified atom stereocenters. The summed E-state index contributed by atoms with van der Waals surface area (Å²) in [6.07, 6.45) is 0.995. The first-order chi connectivity index (χ1) is 10.4. The normalized spacial score (nSPS) is 13.9. The van der Waals surface area contributed by atoms with E-state index in [0.717, 1.165) is 30.6 Å². The van der Waals surface area contributed by atoms with Gasteiger partial charge in [-0.1, -0.05) is 47.6 Å². The molecule has 1 aromatic heterocycles. The van der Waals surface area contributed by atoms with Crippen molar-refractivity contribution < 1.29 is 4.52 Å². The third kappa shape index (κ3) is 2.23. The minimum absolute atomic E-state index is 0.604. The number of nitrogens with zero attached hydrogens (tertiary/aromatic N) is 2. The predicted molar refractivity (Wildman–Crippen MR) is 80.6 cm³/mol. The van der Waals surface area contributed by atoms with Crippen molar-refractivity contribution in [1.29, 1.82) is 0 Å². The summed E-state index contributed by atoms with van der Waals surface area (Å²) in [5, 5.41) is 7.49. The summed E-state index contributed by atoms with van der Waals surface area (Å²) < 4.78 is 5.49. The summed E-state index contributed by atoms with van der Waals surface area (Å²) in [4.78, 5) is 4.56. The molecule has 1 N–H and O–H groups in total. The van der Waals surface area contributed by atoms with Gasteiger partial charge in [0, 0.05) is 17.7 Å². The molecule has 0 bridgehead atoms. The molecule has 2 heterocycles. The molecule has 0 fully saturated rings. The maximum atomic E-state index is 5.49. The van der Waals surface area contributed by atoms with Gasteiger partial charge >= 0.3 is 0 Å². The number of benzene rings is 2. The largest absolute Gasteiger partial charge is 0.334 e. The minimum Gasteiger partial charge on any atom is -0.334 e. The molecule has 4 heteroatoms. The van der Waals surface area contributed by atoms with Crippen molar-refractivity contribution in [3.8, 4) is 22.8 Å². The second-order valence-corrected chi connectivity index (χ2v) is 5.16. The van der Waals surface area contributed by atoms with E-state index in [1.807, 2.05) is 36.4 Å². The zero-order valence-electron chi connectivity index (χ0n) is 11.5. The van der Waals surface area contributed by atoms with Gasteiger partial charge in [-0.3, -0.25) is 0 Å². The molecule has 4 rings (SSSR count). The van der Waals surface area contributed by atoms with Crippen LogP contribution in [0.1, 0.15) is 11.1 Å². The first-order valence-electron chi connectivity index (χ1n) is 7.13. The van der Waals surface area contributed by atoms with Crippen LogP contribution in [0.4, 0.5) is 0 Å². The van der Waals surface area contributed by atoms with Gasteiger partial charge < -0.3 is 9.84 Å². The van der Waals surface area contributed by atoms with E-state index in [4.69, 9.17) is 4.52 Å². The third-order valence-electron chi connectivity index (χ3n) is 3.83. The highest BCUT2D eigenvalue weighted by molar-refractivity contribution is 5.64. The standard InChI is InChI=1S/C17H15N3O/c1-2-5-12(6-3-1)16-19-17(21-20-16)15-8-4-7-13-11-18-10-9-14(13)15/h1-8,18H,9-11H2. The molecular formula is C17H15N3O. The van der Waals surface area contributed by atoms with E-state index in [-0.39, 0.29) is 0 Å². The van der Waals surface area contributed by atoms with Crippen molar-refractivity contribution in [2.75, 3.05) is 6.54 Å². The van der Waals surface area contributed by atoms with Crippen molar-refractivity contribution in [2.24, 2.45) is 0 Å². The number of rotatable bonds is 2. The lowest BCUT2D eigenvalue weighted by Crippen LogP contribution is -2.24. The van der Waals surface area contributed by atoms with Gasteiger partial charge in [0.1, 0.15) is 0 Å². The fourth-order valence-corrected chi connectivity index (χ4v) is 2.77. The van der Waals surface area contributed by atoms with Gasteiger partial charge in [0.05, 0.1) is 0 Å². The zero-order chi connectivity index (χ0) is 14.1. The van der Waals surface area contributed by atoms with Crippen LogP contribution in [0, 0.1) is 0 Å². The summed E-state index contributed by atoms with van der Waals surface area (Å²) in [7, 11) is 0. The molecule has 0 aliphatic carbocycles. The third-order valence-corrected chi connectivity index (χ3v) is 3.83. The topological polar surface area (TPSA) is 51.0 Å². The fraction of sp³-hybridized carbons (Fsp3) is 0.176. The van der Waals surface area contributed by atoms with Gasteiger partial charge in [0.25, 0.3) is 5.89 Å². The highest BCUT2D eigenvalue weighted by atomic mass is 16.5. The second kappa shape index (κ2) is 5.14. The van der Waals surface area contributed by atoms with Gasteiger partial charge in [-0.25, -0.2) is 0 Å². The summed E-state index contributed by atoms with van der Waals surface area (Å²) in [5.74, 6) is 1.24. The smallest absolute Gasteiger partial charge is 0.258 e. The lowest BCUT2D eigenvalue weighted by molar-refractivity contribution is 0.431. The Balaban J connectivity index is 1.77. The monoisotopic (exact) mass is 277 g/mol. The summed E-state index contributed by atoms with van der Waals surface area (Å²) >= 11 is 0. The van der Waals surface area contributed by atoms with Gasteiger partial charge in [0.15, 0.2) is 0 Å². The van der Waals surface area contributed by atoms with Crippen LogP contribution in [0.3, 0.4) is 0 Å². The van der Waals surface area contributed by atoms with E-state index in [2.05, 4.69) is 27.6 Å². The van der Waals surface area contributed by atoms with Crippen molar-refractivity contribution in [2.45, 2.75) is 13.0 Å². The number of nitrogens with one attached hydrogen (secondary N) is 1. The van der Waals surface area contributed by atoms with Gasteiger partial charge in [-0.15, -0.1) is 0 Å². The summed E-state index contributed by atoms with van der Waals surface area (Å²) in [6.45, 7) is 1.90. The van der Waals surface area contributed by atoms with Gasteiger partial charge in [0.2, 0.25) is 5.82 Å². The first-order valence-corrected chi connectivity index (χ1v) is 7.13. The predicted octanol–water partition coefficient (Wildman–Crippen LogP) is 3.05. The maximum absolute atomic E-state index is 5.49. The Hall–Kier alpha value is -2.46. The van der Waals surface area contributed by atoms with E-state index in [1.54, 1.807) is 0 Å². The van der Waals surface area contributed by atoms with Gasteiger partial charge in [-0.05, 0) is 30.2 Å². The number of fused-ring (bicyclic) bond motifs is 1. The Morgan fingerprint density at radius 3 is 2.81 bits per heavy atom. The molecule has 21 heavy (non-hydrogen) atoms. The molecule has 0 spiro atoms. The summed E-state index contributed by atoms with van der Waals surface area (Å²) in [6, 6.07) is 16.2. The molecule has 1 aliphatic heterocycles. The van der Waals surface area contributed by atoms with Crippen molar-refractivity contribution in [3.63, 3.8) is 0 Å². The van der Waals surface area contributed by atoms with Crippen LogP contribution in [0.25, 0.3) is 22.8 Å². The molecule has 3 aromatic rings. The Kier molecular flexibility index (Phi) is 3.01. The minimum atomic E-state index is 0.604. The molecule has 2 aromatic carbocycles. The lowest BCUT2D eigenvalue weighted by Gasteiger charge is -2.18. The van der Waals surface area contributed by atoms with E-state index in [0.29, 0.717) is 11.7 Å². The molecule has 104 valence electrons. The molecule has 0 saturated heterocycles. The van der Waals surface area contributed by atoms with Crippen LogP contribution in [0.2, 0.25) is 0 Å². The zero-order valence-corrected chi connectivity index (χ0v) is 11.5. The molecular weight excluding hydrogens is 262 g/mol. The van der Waals surface area contributed by atoms with Crippen molar-refractivity contribution >= 4 is 0 Å². The number of hydrogen-bond acceptors (Lipinski definition) is 4. The Labute approximate surface area is 122 Å². The van der Waals surface area contributed by atoms with Crippen molar-refractivity contribution in [3.05, 3.63) is 59.7 Å². The SMILES string of the molecule is c1ccc(-c2noc(-c3cccc4c3CCNC4)n2)cc1. The maximum Gasteiger partial charge on any atom is 0.258 e. The molecule has 1 aliphatic rings. The van der Waals surface area contributed by atoms with E-state index in [9.17, 15) is 0 Å². The highest BCUT2D eigenvalue weighted by Crippen LogP contribution is 2.28. The number of hydrogen-bond donors (Lipinski definition) is 1. The molecule has 4 nitrogen and oxygen atoms in total. The van der Waals surface area contributed by atoms with Crippen LogP contribution in [0.15, 0.2) is 53.1 Å². The van der Waals surface area contributed by atoms with Crippen LogP contribution in [-0.4, -0.2) is 16.7 Å². The van der Waals surface area contributed by atoms with Gasteiger partial charge in [-0.2, -0.15) is 4.98 Å². The first kappa shape index (κ1) is 12.3. The molecule has 0 atom stereocenters. The number of aromatic nitrogens is 2. The quantitative estimate of drug-likeness (QED) is 0.782.